The molecule has 1 aliphatic heterocycles. The van der Waals surface area contributed by atoms with Crippen LogP contribution in [0.4, 0.5) is 5.82 Å². The Morgan fingerprint density at radius 1 is 1.26 bits per heavy atom. The maximum Gasteiger partial charge on any atom is 0.292 e. The van der Waals surface area contributed by atoms with E-state index in [2.05, 4.69) is 40.7 Å². The molecule has 0 aliphatic carbocycles. The maximum absolute atomic E-state index is 13.0. The first-order valence-corrected chi connectivity index (χ1v) is 9.63. The number of nitrogen functional groups attached to an aromatic ring is 1. The summed E-state index contributed by atoms with van der Waals surface area (Å²) in [5.74, 6) is -0.871. The zero-order valence-electron chi connectivity index (χ0n) is 16.5. The van der Waals surface area contributed by atoms with Gasteiger partial charge in [0.1, 0.15) is 17.2 Å². The Hall–Kier alpha value is -4.00. The van der Waals surface area contributed by atoms with Crippen LogP contribution < -0.4 is 11.2 Å². The molecule has 1 aliphatic rings. The molecule has 2 aromatic heterocycles. The van der Waals surface area contributed by atoms with Gasteiger partial charge >= 0.3 is 0 Å². The highest BCUT2D eigenvalue weighted by atomic mass is 16.6. The van der Waals surface area contributed by atoms with E-state index in [1.807, 2.05) is 0 Å². The van der Waals surface area contributed by atoms with Crippen molar-refractivity contribution in [3.63, 3.8) is 0 Å². The molecule has 13 nitrogen and oxygen atoms in total. The van der Waals surface area contributed by atoms with Gasteiger partial charge in [0, 0.05) is 18.2 Å². The number of nitrogens with one attached hydrogen (secondary N) is 1. The topological polar surface area (TPSA) is 181 Å². The molecule has 162 valence electrons. The summed E-state index contributed by atoms with van der Waals surface area (Å²) in [6.07, 6.45) is 4.58. The predicted octanol–water partition coefficient (Wildman–Crippen LogP) is 0.394. The third kappa shape index (κ3) is 4.45. The summed E-state index contributed by atoms with van der Waals surface area (Å²) >= 11 is 0. The molecule has 0 unspecified atom stereocenters. The van der Waals surface area contributed by atoms with Gasteiger partial charge in [-0.3, -0.25) is 9.69 Å². The Morgan fingerprint density at radius 2 is 2.06 bits per heavy atom. The number of benzene rings is 1. The van der Waals surface area contributed by atoms with Crippen molar-refractivity contribution < 1.29 is 19.6 Å². The first kappa shape index (κ1) is 20.3. The standard InChI is InChI=1S/C18H21N9O4/c19-16-17(24-31-23-16)27-15(13(21-25-27)10-26-6-2-1-3-7-26)18(30)22-20-9-11-4-5-12(28)8-14(11)29/h4-5,8-9,28-29H,1-3,6-7,10H2,(H2,19,23)(H,22,30). The Kier molecular flexibility index (Phi) is 5.75. The van der Waals surface area contributed by atoms with Crippen LogP contribution in [0.5, 0.6) is 11.5 Å². The van der Waals surface area contributed by atoms with Crippen LogP contribution in [0.3, 0.4) is 0 Å². The Bertz CT molecular complexity index is 1100. The lowest BCUT2D eigenvalue weighted by Gasteiger charge is -2.25. The lowest BCUT2D eigenvalue weighted by atomic mass is 10.1. The van der Waals surface area contributed by atoms with Gasteiger partial charge in [-0.05, 0) is 48.4 Å². The smallest absolute Gasteiger partial charge is 0.292 e. The molecule has 0 radical (unpaired) electrons. The molecule has 0 atom stereocenters. The Morgan fingerprint density at radius 3 is 2.77 bits per heavy atom. The summed E-state index contributed by atoms with van der Waals surface area (Å²) in [4.78, 5) is 15.1. The number of phenolic OH excluding ortho intramolecular Hbond substituents is 2. The number of hydrogen-bond acceptors (Lipinski definition) is 11. The molecule has 4 rings (SSSR count). The normalized spacial score (nSPS) is 14.8. The van der Waals surface area contributed by atoms with Crippen molar-refractivity contribution in [3.05, 3.63) is 35.2 Å². The highest BCUT2D eigenvalue weighted by Crippen LogP contribution is 2.21. The van der Waals surface area contributed by atoms with Crippen molar-refractivity contribution in [2.24, 2.45) is 5.10 Å². The van der Waals surface area contributed by atoms with Gasteiger partial charge in [0.2, 0.25) is 11.6 Å². The number of piperidine rings is 1. The lowest BCUT2D eigenvalue weighted by molar-refractivity contribution is 0.0944. The summed E-state index contributed by atoms with van der Waals surface area (Å²) in [7, 11) is 0. The van der Waals surface area contributed by atoms with E-state index < -0.39 is 5.91 Å². The fourth-order valence-electron chi connectivity index (χ4n) is 3.32. The number of carbonyl (C=O) groups is 1. The van der Waals surface area contributed by atoms with Crippen molar-refractivity contribution in [1.82, 2.24) is 35.6 Å². The van der Waals surface area contributed by atoms with Gasteiger partial charge in [-0.2, -0.15) is 9.78 Å². The van der Waals surface area contributed by atoms with E-state index in [1.54, 1.807) is 0 Å². The van der Waals surface area contributed by atoms with Gasteiger partial charge in [0.15, 0.2) is 5.69 Å². The van der Waals surface area contributed by atoms with Crippen molar-refractivity contribution in [1.29, 1.82) is 0 Å². The van der Waals surface area contributed by atoms with Crippen LogP contribution >= 0.6 is 0 Å². The van der Waals surface area contributed by atoms with Crippen LogP contribution in [0.25, 0.3) is 5.82 Å². The highest BCUT2D eigenvalue weighted by Gasteiger charge is 2.26. The number of likely N-dealkylation sites (tertiary alicyclic amines) is 1. The first-order valence-electron chi connectivity index (χ1n) is 9.63. The largest absolute Gasteiger partial charge is 0.508 e. The number of nitrogens with two attached hydrogens (primary N) is 1. The highest BCUT2D eigenvalue weighted by molar-refractivity contribution is 5.95. The van der Waals surface area contributed by atoms with Crippen LogP contribution in [-0.2, 0) is 6.54 Å². The number of aromatic nitrogens is 5. The van der Waals surface area contributed by atoms with Crippen molar-refractivity contribution in [3.8, 4) is 17.3 Å². The molecule has 0 bridgehead atoms. The van der Waals surface area contributed by atoms with Crippen molar-refractivity contribution in [2.75, 3.05) is 18.8 Å². The third-order valence-electron chi connectivity index (χ3n) is 4.86. The minimum Gasteiger partial charge on any atom is -0.508 e. The summed E-state index contributed by atoms with van der Waals surface area (Å²) in [6, 6.07) is 4.01. The molecule has 1 aromatic carbocycles. The Balaban J connectivity index is 1.59. The van der Waals surface area contributed by atoms with E-state index in [-0.39, 0.29) is 28.8 Å². The van der Waals surface area contributed by atoms with Gasteiger partial charge in [0.25, 0.3) is 5.91 Å². The fraction of sp³-hybridized carbons (Fsp3) is 0.333. The number of nitrogens with zero attached hydrogens (tertiary/aromatic N) is 7. The monoisotopic (exact) mass is 427 g/mol. The van der Waals surface area contributed by atoms with Gasteiger partial charge in [-0.25, -0.2) is 10.1 Å². The summed E-state index contributed by atoms with van der Waals surface area (Å²) in [5, 5.41) is 38.5. The number of rotatable bonds is 6. The van der Waals surface area contributed by atoms with E-state index in [1.165, 1.54) is 30.8 Å². The minimum atomic E-state index is -0.603. The number of hydrazone groups is 1. The molecular formula is C18H21N9O4. The maximum atomic E-state index is 13.0. The minimum absolute atomic E-state index is 0.0408. The third-order valence-corrected chi connectivity index (χ3v) is 4.86. The molecular weight excluding hydrogens is 406 g/mol. The molecule has 0 saturated carbocycles. The van der Waals surface area contributed by atoms with E-state index in [9.17, 15) is 15.0 Å². The number of amides is 1. The van der Waals surface area contributed by atoms with Crippen LogP contribution in [0.1, 0.15) is 41.0 Å². The van der Waals surface area contributed by atoms with Gasteiger partial charge < -0.3 is 15.9 Å². The average molecular weight is 427 g/mol. The number of anilines is 1. The summed E-state index contributed by atoms with van der Waals surface area (Å²) in [5.41, 5.74) is 9.00. The summed E-state index contributed by atoms with van der Waals surface area (Å²) in [6.45, 7) is 2.23. The van der Waals surface area contributed by atoms with Crippen LogP contribution in [0.2, 0.25) is 0 Å². The number of carbonyl (C=O) groups excluding carboxylic acids is 1. The van der Waals surface area contributed by atoms with E-state index in [4.69, 9.17) is 5.73 Å². The SMILES string of the molecule is Nc1nonc1-n1nnc(CN2CCCCC2)c1C(=O)NN=Cc1ccc(O)cc1O. The van der Waals surface area contributed by atoms with Crippen molar-refractivity contribution in [2.45, 2.75) is 25.8 Å². The second kappa shape index (κ2) is 8.79. The predicted molar refractivity (Wildman–Crippen MR) is 108 cm³/mol. The number of phenols is 2. The van der Waals surface area contributed by atoms with Gasteiger partial charge in [-0.15, -0.1) is 5.10 Å². The average Bonchev–Trinajstić information content (AvgIpc) is 3.36. The van der Waals surface area contributed by atoms with Crippen LogP contribution in [0.15, 0.2) is 27.9 Å². The van der Waals surface area contributed by atoms with Crippen molar-refractivity contribution >= 4 is 17.9 Å². The number of aromatic hydroxyl groups is 2. The fourth-order valence-corrected chi connectivity index (χ4v) is 3.32. The first-order chi connectivity index (χ1) is 15.0. The second-order valence-corrected chi connectivity index (χ2v) is 7.05. The molecule has 13 heteroatoms. The molecule has 5 N–H and O–H groups in total. The second-order valence-electron chi connectivity index (χ2n) is 7.05. The molecule has 3 aromatic rings. The molecule has 31 heavy (non-hydrogen) atoms. The molecule has 1 amide bonds. The quantitative estimate of drug-likeness (QED) is 0.317. The number of hydrogen-bond donors (Lipinski definition) is 4. The Labute approximate surface area is 176 Å². The van der Waals surface area contributed by atoms with E-state index in [0.29, 0.717) is 17.8 Å². The lowest BCUT2D eigenvalue weighted by Crippen LogP contribution is -2.31. The zero-order chi connectivity index (χ0) is 21.8. The van der Waals surface area contributed by atoms with E-state index in [0.717, 1.165) is 30.6 Å². The van der Waals surface area contributed by atoms with Crippen LogP contribution in [-0.4, -0.2) is 65.6 Å². The zero-order valence-corrected chi connectivity index (χ0v) is 16.5. The molecule has 1 fully saturated rings. The van der Waals surface area contributed by atoms with Gasteiger partial charge in [0.05, 0.1) is 6.21 Å². The van der Waals surface area contributed by atoms with E-state index >= 15 is 0 Å². The summed E-state index contributed by atoms with van der Waals surface area (Å²) < 4.78 is 5.78. The molecule has 0 spiro atoms. The molecule has 3 heterocycles. The van der Waals surface area contributed by atoms with Gasteiger partial charge in [-0.1, -0.05) is 11.6 Å². The molecule has 1 saturated heterocycles. The van der Waals surface area contributed by atoms with Crippen LogP contribution in [0, 0.1) is 0 Å².